The van der Waals surface area contributed by atoms with Crippen LogP contribution in [-0.2, 0) is 19.5 Å². The third-order valence-electron chi connectivity index (χ3n) is 3.31. The molecule has 2 aromatic rings. The number of hydrogen-bond acceptors (Lipinski definition) is 6. The Hall–Kier alpha value is -2.58. The fourth-order valence-electron chi connectivity index (χ4n) is 2.08. The van der Waals surface area contributed by atoms with Crippen molar-refractivity contribution in [1.82, 2.24) is 0 Å². The number of halogens is 1. The van der Waals surface area contributed by atoms with Crippen molar-refractivity contribution in [2.75, 3.05) is 18.4 Å². The molecule has 1 N–H and O–H groups in total. The summed E-state index contributed by atoms with van der Waals surface area (Å²) in [5, 5.41) is 0.244. The summed E-state index contributed by atoms with van der Waals surface area (Å²) >= 11 is 5.89. The third kappa shape index (κ3) is 4.53. The van der Waals surface area contributed by atoms with Crippen molar-refractivity contribution in [1.29, 1.82) is 0 Å². The second-order valence-corrected chi connectivity index (χ2v) is 7.15. The first-order valence-electron chi connectivity index (χ1n) is 7.46. The molecule has 0 aliphatic carbocycles. The highest BCUT2D eigenvalue weighted by Gasteiger charge is 2.20. The Balaban J connectivity index is 2.33. The van der Waals surface area contributed by atoms with E-state index in [4.69, 9.17) is 16.3 Å². The van der Waals surface area contributed by atoms with Gasteiger partial charge in [-0.1, -0.05) is 11.6 Å². The maximum absolute atomic E-state index is 12.6. The van der Waals surface area contributed by atoms with E-state index in [1.165, 1.54) is 49.6 Å². The number of anilines is 1. The number of sulfonamides is 1. The van der Waals surface area contributed by atoms with Crippen LogP contribution in [0.5, 0.6) is 0 Å². The first-order chi connectivity index (χ1) is 12.3. The van der Waals surface area contributed by atoms with Crippen molar-refractivity contribution in [2.45, 2.75) is 11.8 Å². The van der Waals surface area contributed by atoms with Crippen molar-refractivity contribution in [3.63, 3.8) is 0 Å². The summed E-state index contributed by atoms with van der Waals surface area (Å²) in [5.41, 5.74) is 0.228. The van der Waals surface area contributed by atoms with Crippen molar-refractivity contribution in [2.24, 2.45) is 0 Å². The van der Waals surface area contributed by atoms with Crippen LogP contribution in [0.2, 0.25) is 5.02 Å². The van der Waals surface area contributed by atoms with Crippen LogP contribution in [0.25, 0.3) is 0 Å². The molecule has 0 aliphatic heterocycles. The zero-order valence-corrected chi connectivity index (χ0v) is 15.6. The molecule has 0 saturated carbocycles. The highest BCUT2D eigenvalue weighted by atomic mass is 35.5. The van der Waals surface area contributed by atoms with Gasteiger partial charge in [-0.25, -0.2) is 18.0 Å². The zero-order valence-electron chi connectivity index (χ0n) is 14.0. The Labute approximate surface area is 155 Å². The molecule has 9 heteroatoms. The second kappa shape index (κ2) is 8.20. The SMILES string of the molecule is CCOC(=O)c1ccc(S(=O)(=O)Nc2cc(Cl)ccc2C(=O)OC)cc1. The molecule has 0 fully saturated rings. The standard InChI is InChI=1S/C17H16ClNO6S/c1-3-25-16(20)11-4-7-13(8-5-11)26(22,23)19-15-10-12(18)6-9-14(15)17(21)24-2/h4-10,19H,3H2,1-2H3. The largest absolute Gasteiger partial charge is 0.465 e. The Morgan fingerprint density at radius 2 is 1.73 bits per heavy atom. The first kappa shape index (κ1) is 19.7. The van der Waals surface area contributed by atoms with Crippen LogP contribution < -0.4 is 4.72 Å². The summed E-state index contributed by atoms with van der Waals surface area (Å²) in [6.07, 6.45) is 0. The van der Waals surface area contributed by atoms with Gasteiger partial charge in [0.2, 0.25) is 0 Å². The molecule has 0 aliphatic rings. The molecular formula is C17H16ClNO6S. The summed E-state index contributed by atoms with van der Waals surface area (Å²) in [5.74, 6) is -1.26. The highest BCUT2D eigenvalue weighted by Crippen LogP contribution is 2.25. The Kier molecular flexibility index (Phi) is 6.23. The van der Waals surface area contributed by atoms with Crippen LogP contribution >= 0.6 is 11.6 Å². The average molecular weight is 398 g/mol. The van der Waals surface area contributed by atoms with Crippen molar-refractivity contribution < 1.29 is 27.5 Å². The fourth-order valence-corrected chi connectivity index (χ4v) is 3.32. The molecule has 0 atom stereocenters. The van der Waals surface area contributed by atoms with Gasteiger partial charge in [0.25, 0.3) is 10.0 Å². The van der Waals surface area contributed by atoms with Gasteiger partial charge in [-0.2, -0.15) is 0 Å². The van der Waals surface area contributed by atoms with Gasteiger partial charge in [-0.15, -0.1) is 0 Å². The predicted octanol–water partition coefficient (Wildman–Crippen LogP) is 3.10. The lowest BCUT2D eigenvalue weighted by atomic mass is 10.2. The highest BCUT2D eigenvalue weighted by molar-refractivity contribution is 7.92. The van der Waals surface area contributed by atoms with Gasteiger partial charge in [0.1, 0.15) is 0 Å². The third-order valence-corrected chi connectivity index (χ3v) is 4.92. The monoisotopic (exact) mass is 397 g/mol. The van der Waals surface area contributed by atoms with Crippen LogP contribution in [0, 0.1) is 0 Å². The second-order valence-electron chi connectivity index (χ2n) is 5.03. The maximum Gasteiger partial charge on any atom is 0.339 e. The van der Waals surface area contributed by atoms with E-state index in [0.29, 0.717) is 0 Å². The van der Waals surface area contributed by atoms with Crippen LogP contribution in [0.1, 0.15) is 27.6 Å². The number of methoxy groups -OCH3 is 1. The smallest absolute Gasteiger partial charge is 0.339 e. The van der Waals surface area contributed by atoms with E-state index in [9.17, 15) is 18.0 Å². The Bertz CT molecular complexity index is 925. The maximum atomic E-state index is 12.6. The minimum absolute atomic E-state index is 0.0150. The Morgan fingerprint density at radius 3 is 2.31 bits per heavy atom. The van der Waals surface area contributed by atoms with E-state index in [1.807, 2.05) is 0 Å². The van der Waals surface area contributed by atoms with Gasteiger partial charge >= 0.3 is 11.9 Å². The van der Waals surface area contributed by atoms with E-state index in [-0.39, 0.29) is 33.3 Å². The normalized spacial score (nSPS) is 10.9. The van der Waals surface area contributed by atoms with Crippen molar-refractivity contribution in [3.8, 4) is 0 Å². The number of nitrogens with one attached hydrogen (secondary N) is 1. The molecule has 7 nitrogen and oxygen atoms in total. The molecule has 0 spiro atoms. The molecule has 0 amide bonds. The number of benzene rings is 2. The molecule has 0 saturated heterocycles. The lowest BCUT2D eigenvalue weighted by Crippen LogP contribution is -2.16. The van der Waals surface area contributed by atoms with Gasteiger partial charge in [0.15, 0.2) is 0 Å². The number of hydrogen-bond donors (Lipinski definition) is 1. The molecule has 0 heterocycles. The molecule has 0 bridgehead atoms. The van der Waals surface area contributed by atoms with Gasteiger partial charge in [-0.3, -0.25) is 4.72 Å². The van der Waals surface area contributed by atoms with Crippen molar-refractivity contribution in [3.05, 3.63) is 58.6 Å². The molecular weight excluding hydrogens is 382 g/mol. The average Bonchev–Trinajstić information content (AvgIpc) is 2.61. The van der Waals surface area contributed by atoms with Gasteiger partial charge in [0.05, 0.1) is 35.4 Å². The molecule has 0 unspecified atom stereocenters. The predicted molar refractivity (Wildman–Crippen MR) is 96.0 cm³/mol. The molecule has 2 aromatic carbocycles. The van der Waals surface area contributed by atoms with E-state index < -0.39 is 22.0 Å². The van der Waals surface area contributed by atoms with Gasteiger partial charge < -0.3 is 9.47 Å². The number of carbonyl (C=O) groups is 2. The summed E-state index contributed by atoms with van der Waals surface area (Å²) in [6.45, 7) is 1.88. The van der Waals surface area contributed by atoms with Gasteiger partial charge in [0, 0.05) is 5.02 Å². The summed E-state index contributed by atoms with van der Waals surface area (Å²) in [7, 11) is -2.83. The molecule has 2 rings (SSSR count). The zero-order chi connectivity index (χ0) is 19.3. The van der Waals surface area contributed by atoms with Crippen LogP contribution in [0.15, 0.2) is 47.4 Å². The summed E-state index contributed by atoms with van der Waals surface area (Å²) < 4.78 is 36.9. The van der Waals surface area contributed by atoms with Crippen molar-refractivity contribution >= 4 is 39.3 Å². The minimum Gasteiger partial charge on any atom is -0.465 e. The molecule has 26 heavy (non-hydrogen) atoms. The quantitative estimate of drug-likeness (QED) is 0.752. The van der Waals surface area contributed by atoms with Crippen LogP contribution in [0.4, 0.5) is 5.69 Å². The van der Waals surface area contributed by atoms with E-state index >= 15 is 0 Å². The molecule has 138 valence electrons. The summed E-state index contributed by atoms with van der Waals surface area (Å²) in [4.78, 5) is 23.3. The van der Waals surface area contributed by atoms with Crippen LogP contribution in [0.3, 0.4) is 0 Å². The minimum atomic E-state index is -4.02. The Morgan fingerprint density at radius 1 is 1.08 bits per heavy atom. The van der Waals surface area contributed by atoms with Gasteiger partial charge in [-0.05, 0) is 49.4 Å². The summed E-state index contributed by atoms with van der Waals surface area (Å²) in [6, 6.07) is 9.30. The number of rotatable bonds is 6. The fraction of sp³-hybridized carbons (Fsp3) is 0.176. The van der Waals surface area contributed by atoms with E-state index in [1.54, 1.807) is 6.92 Å². The lowest BCUT2D eigenvalue weighted by Gasteiger charge is -2.12. The first-order valence-corrected chi connectivity index (χ1v) is 9.32. The lowest BCUT2D eigenvalue weighted by molar-refractivity contribution is 0.0525. The van der Waals surface area contributed by atoms with E-state index in [2.05, 4.69) is 9.46 Å². The number of carbonyl (C=O) groups excluding carboxylic acids is 2. The molecule has 0 radical (unpaired) electrons. The number of esters is 2. The molecule has 0 aromatic heterocycles. The van der Waals surface area contributed by atoms with E-state index in [0.717, 1.165) is 0 Å². The number of ether oxygens (including phenoxy) is 2. The van der Waals surface area contributed by atoms with Crippen LogP contribution in [-0.4, -0.2) is 34.1 Å². The topological polar surface area (TPSA) is 98.8 Å².